The quantitative estimate of drug-likeness (QED) is 0.864. The van der Waals surface area contributed by atoms with Gasteiger partial charge >= 0.3 is 7.12 Å². The van der Waals surface area contributed by atoms with E-state index >= 15 is 0 Å². The first-order valence-electron chi connectivity index (χ1n) is 7.26. The standard InChI is InChI=1S/C16H22BNO3/c1-10-7-11-8-12(19-6)9-13(14(11)18-10)17-20-15(2,3)16(4,5)21-17/h7-9,18H,1-6H3. The number of benzene rings is 1. The molecule has 1 fully saturated rings. The molecule has 0 atom stereocenters. The largest absolute Gasteiger partial charge is 0.497 e. The van der Waals surface area contributed by atoms with Gasteiger partial charge in [0.05, 0.1) is 18.3 Å². The van der Waals surface area contributed by atoms with Crippen molar-refractivity contribution in [3.8, 4) is 5.75 Å². The van der Waals surface area contributed by atoms with Gasteiger partial charge in [0.1, 0.15) is 5.75 Å². The second-order valence-corrected chi connectivity index (χ2v) is 6.72. The lowest BCUT2D eigenvalue weighted by molar-refractivity contribution is 0.00578. The Bertz CT molecular complexity index is 674. The maximum atomic E-state index is 6.17. The number of fused-ring (bicyclic) bond motifs is 1. The summed E-state index contributed by atoms with van der Waals surface area (Å²) in [4.78, 5) is 3.39. The molecule has 5 heteroatoms. The number of hydrogen-bond donors (Lipinski definition) is 1. The highest BCUT2D eigenvalue weighted by atomic mass is 16.7. The highest BCUT2D eigenvalue weighted by molar-refractivity contribution is 6.65. The summed E-state index contributed by atoms with van der Waals surface area (Å²) in [6.45, 7) is 10.3. The van der Waals surface area contributed by atoms with Crippen LogP contribution in [0.5, 0.6) is 5.75 Å². The van der Waals surface area contributed by atoms with Gasteiger partial charge in [-0.25, -0.2) is 0 Å². The molecule has 0 spiro atoms. The van der Waals surface area contributed by atoms with Crippen molar-refractivity contribution in [2.75, 3.05) is 7.11 Å². The Balaban J connectivity index is 2.12. The number of H-pyrrole nitrogens is 1. The molecule has 112 valence electrons. The molecule has 1 aromatic heterocycles. The first-order valence-corrected chi connectivity index (χ1v) is 7.26. The predicted molar refractivity (Wildman–Crippen MR) is 85.3 cm³/mol. The minimum Gasteiger partial charge on any atom is -0.497 e. The Kier molecular flexibility index (Phi) is 3.12. The molecule has 0 saturated carbocycles. The predicted octanol–water partition coefficient (Wildman–Crippen LogP) is 2.78. The van der Waals surface area contributed by atoms with Crippen molar-refractivity contribution in [1.29, 1.82) is 0 Å². The van der Waals surface area contributed by atoms with Crippen molar-refractivity contribution in [3.05, 3.63) is 23.9 Å². The molecule has 1 aliphatic heterocycles. The lowest BCUT2D eigenvalue weighted by Gasteiger charge is -2.32. The highest BCUT2D eigenvalue weighted by Gasteiger charge is 2.52. The number of aromatic nitrogens is 1. The number of aromatic amines is 1. The van der Waals surface area contributed by atoms with Gasteiger partial charge in [0.15, 0.2) is 0 Å². The number of rotatable bonds is 2. The minimum absolute atomic E-state index is 0.352. The van der Waals surface area contributed by atoms with Crippen LogP contribution in [0, 0.1) is 6.92 Å². The van der Waals surface area contributed by atoms with Crippen LogP contribution in [0.4, 0.5) is 0 Å². The van der Waals surface area contributed by atoms with Crippen molar-refractivity contribution < 1.29 is 14.0 Å². The number of nitrogens with one attached hydrogen (secondary N) is 1. The Hall–Kier alpha value is -1.46. The molecule has 1 saturated heterocycles. The molecule has 4 nitrogen and oxygen atoms in total. The summed E-state index contributed by atoms with van der Waals surface area (Å²) in [5.41, 5.74) is 2.43. The Morgan fingerprint density at radius 1 is 1.05 bits per heavy atom. The summed E-state index contributed by atoms with van der Waals surface area (Å²) in [6.07, 6.45) is 0. The van der Waals surface area contributed by atoms with Crippen LogP contribution in [-0.4, -0.2) is 30.4 Å². The number of ether oxygens (including phenoxy) is 1. The first kappa shape index (κ1) is 14.5. The van der Waals surface area contributed by atoms with E-state index in [1.807, 2.05) is 19.1 Å². The first-order chi connectivity index (χ1) is 9.73. The van der Waals surface area contributed by atoms with Gasteiger partial charge in [-0.3, -0.25) is 0 Å². The normalized spacial score (nSPS) is 20.2. The molecule has 2 heterocycles. The number of aryl methyl sites for hydroxylation is 1. The fraction of sp³-hybridized carbons (Fsp3) is 0.500. The lowest BCUT2D eigenvalue weighted by atomic mass is 9.77. The summed E-state index contributed by atoms with van der Waals surface area (Å²) < 4.78 is 17.7. The Morgan fingerprint density at radius 2 is 1.67 bits per heavy atom. The van der Waals surface area contributed by atoms with Gasteiger partial charge in [-0.2, -0.15) is 0 Å². The fourth-order valence-electron chi connectivity index (χ4n) is 2.66. The number of methoxy groups -OCH3 is 1. The van der Waals surface area contributed by atoms with Crippen LogP contribution < -0.4 is 10.2 Å². The molecule has 0 bridgehead atoms. The zero-order valence-corrected chi connectivity index (χ0v) is 13.5. The topological polar surface area (TPSA) is 43.5 Å². The van der Waals surface area contributed by atoms with Gasteiger partial charge < -0.3 is 19.0 Å². The molecule has 0 aliphatic carbocycles. The van der Waals surface area contributed by atoms with Crippen molar-refractivity contribution in [1.82, 2.24) is 4.98 Å². The van der Waals surface area contributed by atoms with E-state index < -0.39 is 7.12 Å². The third-order valence-electron chi connectivity index (χ3n) is 4.61. The second kappa shape index (κ2) is 4.52. The molecule has 0 amide bonds. The lowest BCUT2D eigenvalue weighted by Crippen LogP contribution is -2.41. The van der Waals surface area contributed by atoms with E-state index in [1.54, 1.807) is 7.11 Å². The van der Waals surface area contributed by atoms with Crippen molar-refractivity contribution >= 4 is 23.5 Å². The zero-order valence-electron chi connectivity index (χ0n) is 13.5. The van der Waals surface area contributed by atoms with Crippen LogP contribution in [0.1, 0.15) is 33.4 Å². The maximum Gasteiger partial charge on any atom is 0.497 e. The highest BCUT2D eigenvalue weighted by Crippen LogP contribution is 2.37. The molecule has 0 radical (unpaired) electrons. The van der Waals surface area contributed by atoms with Gasteiger partial charge in [0, 0.05) is 22.1 Å². The van der Waals surface area contributed by atoms with Crippen LogP contribution in [0.25, 0.3) is 10.9 Å². The molecule has 0 unspecified atom stereocenters. The van der Waals surface area contributed by atoms with Gasteiger partial charge in [0.25, 0.3) is 0 Å². The smallest absolute Gasteiger partial charge is 0.497 e. The Labute approximate surface area is 125 Å². The number of hydrogen-bond acceptors (Lipinski definition) is 3. The van der Waals surface area contributed by atoms with E-state index in [9.17, 15) is 0 Å². The minimum atomic E-state index is -0.398. The van der Waals surface area contributed by atoms with Gasteiger partial charge in [0.2, 0.25) is 0 Å². The summed E-state index contributed by atoms with van der Waals surface area (Å²) in [7, 11) is 1.28. The summed E-state index contributed by atoms with van der Waals surface area (Å²) in [6, 6.07) is 6.11. The molecule has 3 rings (SSSR count). The maximum absolute atomic E-state index is 6.17. The van der Waals surface area contributed by atoms with Gasteiger partial charge in [-0.15, -0.1) is 0 Å². The second-order valence-electron chi connectivity index (χ2n) is 6.72. The monoisotopic (exact) mass is 287 g/mol. The zero-order chi connectivity index (χ0) is 15.4. The third kappa shape index (κ3) is 2.25. The van der Waals surface area contributed by atoms with Gasteiger partial charge in [-0.05, 0) is 52.8 Å². The van der Waals surface area contributed by atoms with Crippen molar-refractivity contribution in [3.63, 3.8) is 0 Å². The average molecular weight is 287 g/mol. The van der Waals surface area contributed by atoms with Crippen LogP contribution in [0.2, 0.25) is 0 Å². The molecule has 21 heavy (non-hydrogen) atoms. The van der Waals surface area contributed by atoms with E-state index in [2.05, 4.69) is 38.7 Å². The molecule has 2 aromatic rings. The molecule has 1 N–H and O–H groups in total. The van der Waals surface area contributed by atoms with E-state index in [1.165, 1.54) is 0 Å². The molecular formula is C16H22BNO3. The SMILES string of the molecule is COc1cc(B2OC(C)(C)C(C)(C)O2)c2[nH]c(C)cc2c1. The summed E-state index contributed by atoms with van der Waals surface area (Å²) in [5, 5.41) is 1.11. The van der Waals surface area contributed by atoms with Crippen LogP contribution in [0.3, 0.4) is 0 Å². The van der Waals surface area contributed by atoms with E-state index in [-0.39, 0.29) is 11.2 Å². The fourth-order valence-corrected chi connectivity index (χ4v) is 2.66. The Morgan fingerprint density at radius 3 is 2.24 bits per heavy atom. The average Bonchev–Trinajstić information content (AvgIpc) is 2.84. The van der Waals surface area contributed by atoms with Crippen molar-refractivity contribution in [2.24, 2.45) is 0 Å². The molecule has 1 aliphatic rings. The third-order valence-corrected chi connectivity index (χ3v) is 4.61. The van der Waals surface area contributed by atoms with E-state index in [0.717, 1.165) is 27.8 Å². The summed E-state index contributed by atoms with van der Waals surface area (Å²) >= 11 is 0. The molecule has 1 aromatic carbocycles. The van der Waals surface area contributed by atoms with Crippen LogP contribution in [-0.2, 0) is 9.31 Å². The van der Waals surface area contributed by atoms with Crippen LogP contribution >= 0.6 is 0 Å². The summed E-state index contributed by atoms with van der Waals surface area (Å²) in [5.74, 6) is 0.811. The van der Waals surface area contributed by atoms with Crippen LogP contribution in [0.15, 0.2) is 18.2 Å². The molecular weight excluding hydrogens is 265 g/mol. The van der Waals surface area contributed by atoms with E-state index in [4.69, 9.17) is 14.0 Å². The van der Waals surface area contributed by atoms with Crippen molar-refractivity contribution in [2.45, 2.75) is 45.8 Å². The van der Waals surface area contributed by atoms with Gasteiger partial charge in [-0.1, -0.05) is 0 Å². The van der Waals surface area contributed by atoms with E-state index in [0.29, 0.717) is 0 Å².